The summed E-state index contributed by atoms with van der Waals surface area (Å²) in [6.45, 7) is 4.15. The molecule has 6 nitrogen and oxygen atoms in total. The Bertz CT molecular complexity index is 464. The van der Waals surface area contributed by atoms with Gasteiger partial charge in [-0.2, -0.15) is 0 Å². The molecular formula is C13H19N3O3. The van der Waals surface area contributed by atoms with Gasteiger partial charge in [0.1, 0.15) is 11.4 Å². The van der Waals surface area contributed by atoms with Crippen LogP contribution in [-0.2, 0) is 4.74 Å². The van der Waals surface area contributed by atoms with Gasteiger partial charge in [0, 0.05) is 26.7 Å². The third-order valence-corrected chi connectivity index (χ3v) is 3.26. The van der Waals surface area contributed by atoms with Crippen molar-refractivity contribution in [3.8, 4) is 0 Å². The Morgan fingerprint density at radius 3 is 3.00 bits per heavy atom. The molecule has 0 spiro atoms. The lowest BCUT2D eigenvalue weighted by Crippen LogP contribution is -2.30. The molecule has 1 aliphatic heterocycles. The van der Waals surface area contributed by atoms with Gasteiger partial charge in [0.15, 0.2) is 0 Å². The summed E-state index contributed by atoms with van der Waals surface area (Å²) >= 11 is 0. The summed E-state index contributed by atoms with van der Waals surface area (Å²) in [5, 5.41) is 14.2. The van der Waals surface area contributed by atoms with Crippen molar-refractivity contribution < 1.29 is 9.66 Å². The molecule has 0 aliphatic carbocycles. The second-order valence-corrected chi connectivity index (χ2v) is 4.66. The van der Waals surface area contributed by atoms with Gasteiger partial charge in [-0.15, -0.1) is 0 Å². The second kappa shape index (κ2) is 5.88. The van der Waals surface area contributed by atoms with Gasteiger partial charge < -0.3 is 15.0 Å². The lowest BCUT2D eigenvalue weighted by Gasteiger charge is -2.24. The minimum atomic E-state index is -0.322. The number of benzene rings is 1. The molecule has 1 unspecified atom stereocenters. The summed E-state index contributed by atoms with van der Waals surface area (Å²) in [7, 11) is 1.69. The highest BCUT2D eigenvalue weighted by Crippen LogP contribution is 2.35. The van der Waals surface area contributed by atoms with Crippen LogP contribution in [0.1, 0.15) is 13.3 Å². The third-order valence-electron chi connectivity index (χ3n) is 3.26. The SMILES string of the molecule is CNc1cccc(N2CCCOC(C)C2)c1[N+](=O)[O-]. The zero-order chi connectivity index (χ0) is 13.8. The van der Waals surface area contributed by atoms with Crippen LogP contribution < -0.4 is 10.2 Å². The maximum absolute atomic E-state index is 11.3. The van der Waals surface area contributed by atoms with E-state index in [9.17, 15) is 10.1 Å². The van der Waals surface area contributed by atoms with E-state index in [2.05, 4.69) is 5.32 Å². The zero-order valence-electron chi connectivity index (χ0n) is 11.3. The van der Waals surface area contributed by atoms with Gasteiger partial charge in [-0.25, -0.2) is 0 Å². The lowest BCUT2D eigenvalue weighted by molar-refractivity contribution is -0.383. The van der Waals surface area contributed by atoms with E-state index in [0.717, 1.165) is 13.0 Å². The van der Waals surface area contributed by atoms with E-state index in [1.807, 2.05) is 17.9 Å². The molecule has 0 aromatic heterocycles. The van der Waals surface area contributed by atoms with Crippen molar-refractivity contribution in [3.63, 3.8) is 0 Å². The first-order chi connectivity index (χ1) is 9.13. The largest absolute Gasteiger partial charge is 0.382 e. The Morgan fingerprint density at radius 2 is 2.32 bits per heavy atom. The molecular weight excluding hydrogens is 246 g/mol. The molecule has 19 heavy (non-hydrogen) atoms. The predicted molar refractivity (Wildman–Crippen MR) is 74.9 cm³/mol. The molecule has 1 atom stereocenters. The van der Waals surface area contributed by atoms with Crippen molar-refractivity contribution in [2.45, 2.75) is 19.4 Å². The van der Waals surface area contributed by atoms with Crippen molar-refractivity contribution in [1.29, 1.82) is 0 Å². The fraction of sp³-hybridized carbons (Fsp3) is 0.538. The molecule has 6 heteroatoms. The number of nitro groups is 1. The van der Waals surface area contributed by atoms with E-state index in [1.165, 1.54) is 0 Å². The van der Waals surface area contributed by atoms with Gasteiger partial charge in [-0.3, -0.25) is 10.1 Å². The van der Waals surface area contributed by atoms with Crippen LogP contribution in [0.5, 0.6) is 0 Å². The van der Waals surface area contributed by atoms with Crippen molar-refractivity contribution in [3.05, 3.63) is 28.3 Å². The summed E-state index contributed by atoms with van der Waals surface area (Å²) in [4.78, 5) is 13.0. The van der Waals surface area contributed by atoms with E-state index in [1.54, 1.807) is 19.2 Å². The molecule has 0 saturated carbocycles. The molecule has 0 bridgehead atoms. The summed E-state index contributed by atoms with van der Waals surface area (Å²) in [6, 6.07) is 5.36. The third kappa shape index (κ3) is 2.96. The van der Waals surface area contributed by atoms with Crippen molar-refractivity contribution >= 4 is 17.1 Å². The molecule has 1 heterocycles. The Kier molecular flexibility index (Phi) is 4.21. The minimum Gasteiger partial charge on any atom is -0.382 e. The lowest BCUT2D eigenvalue weighted by atomic mass is 10.2. The highest BCUT2D eigenvalue weighted by Gasteiger charge is 2.25. The maximum atomic E-state index is 11.3. The number of hydrogen-bond acceptors (Lipinski definition) is 5. The summed E-state index contributed by atoms with van der Waals surface area (Å²) in [5.74, 6) is 0. The number of hydrogen-bond donors (Lipinski definition) is 1. The Hall–Kier alpha value is -1.82. The van der Waals surface area contributed by atoms with Crippen LogP contribution >= 0.6 is 0 Å². The number of ether oxygens (including phenoxy) is 1. The number of nitrogens with zero attached hydrogens (tertiary/aromatic N) is 2. The van der Waals surface area contributed by atoms with Crippen LogP contribution in [0, 0.1) is 10.1 Å². The number of rotatable bonds is 3. The highest BCUT2D eigenvalue weighted by atomic mass is 16.6. The highest BCUT2D eigenvalue weighted by molar-refractivity contribution is 5.77. The van der Waals surface area contributed by atoms with Gasteiger partial charge >= 0.3 is 5.69 Å². The van der Waals surface area contributed by atoms with E-state index >= 15 is 0 Å². The predicted octanol–water partition coefficient (Wildman–Crippen LogP) is 2.25. The van der Waals surface area contributed by atoms with Crippen LogP contribution in [-0.4, -0.2) is 37.8 Å². The van der Waals surface area contributed by atoms with Crippen LogP contribution in [0.4, 0.5) is 17.1 Å². The normalized spacial score (nSPS) is 19.9. The first kappa shape index (κ1) is 13.6. The molecule has 0 amide bonds. The van der Waals surface area contributed by atoms with Gasteiger partial charge in [0.05, 0.1) is 11.0 Å². The monoisotopic (exact) mass is 265 g/mol. The van der Waals surface area contributed by atoms with Gasteiger partial charge in [-0.05, 0) is 25.5 Å². The quantitative estimate of drug-likeness (QED) is 0.670. The minimum absolute atomic E-state index is 0.0837. The number of anilines is 2. The molecule has 1 saturated heterocycles. The van der Waals surface area contributed by atoms with Crippen LogP contribution in [0.15, 0.2) is 18.2 Å². The second-order valence-electron chi connectivity index (χ2n) is 4.66. The van der Waals surface area contributed by atoms with E-state index in [-0.39, 0.29) is 16.7 Å². The fourth-order valence-corrected chi connectivity index (χ4v) is 2.39. The van der Waals surface area contributed by atoms with E-state index in [0.29, 0.717) is 24.5 Å². The number of nitro benzene ring substituents is 1. The molecule has 104 valence electrons. The van der Waals surface area contributed by atoms with Gasteiger partial charge in [0.25, 0.3) is 0 Å². The average Bonchev–Trinajstić information content (AvgIpc) is 2.62. The molecule has 2 rings (SSSR count). The fourth-order valence-electron chi connectivity index (χ4n) is 2.39. The molecule has 0 radical (unpaired) electrons. The number of para-hydroxylation sites is 1. The number of nitrogens with one attached hydrogen (secondary N) is 1. The topological polar surface area (TPSA) is 67.6 Å². The van der Waals surface area contributed by atoms with Crippen LogP contribution in [0.25, 0.3) is 0 Å². The van der Waals surface area contributed by atoms with Crippen molar-refractivity contribution in [2.75, 3.05) is 37.0 Å². The summed E-state index contributed by atoms with van der Waals surface area (Å²) in [5.41, 5.74) is 1.34. The molecule has 1 fully saturated rings. The summed E-state index contributed by atoms with van der Waals surface area (Å²) in [6.07, 6.45) is 0.964. The molecule has 1 aliphatic rings. The molecule has 1 aromatic rings. The van der Waals surface area contributed by atoms with Crippen molar-refractivity contribution in [2.24, 2.45) is 0 Å². The molecule has 1 N–H and O–H groups in total. The van der Waals surface area contributed by atoms with Gasteiger partial charge in [0.2, 0.25) is 0 Å². The zero-order valence-corrected chi connectivity index (χ0v) is 11.3. The average molecular weight is 265 g/mol. The van der Waals surface area contributed by atoms with E-state index in [4.69, 9.17) is 4.74 Å². The Balaban J connectivity index is 2.40. The van der Waals surface area contributed by atoms with Crippen molar-refractivity contribution in [1.82, 2.24) is 0 Å². The smallest absolute Gasteiger partial charge is 0.315 e. The van der Waals surface area contributed by atoms with E-state index < -0.39 is 0 Å². The van der Waals surface area contributed by atoms with Crippen LogP contribution in [0.2, 0.25) is 0 Å². The summed E-state index contributed by atoms with van der Waals surface area (Å²) < 4.78 is 5.58. The Morgan fingerprint density at radius 1 is 1.53 bits per heavy atom. The first-order valence-corrected chi connectivity index (χ1v) is 6.45. The first-order valence-electron chi connectivity index (χ1n) is 6.45. The van der Waals surface area contributed by atoms with Gasteiger partial charge in [-0.1, -0.05) is 6.07 Å². The molecule has 1 aromatic carbocycles. The Labute approximate surface area is 112 Å². The maximum Gasteiger partial charge on any atom is 0.315 e. The standard InChI is InChI=1S/C13H19N3O3/c1-10-9-15(7-4-8-19-10)12-6-3-5-11(14-2)13(12)16(17)18/h3,5-6,10,14H,4,7-9H2,1-2H3. The van der Waals surface area contributed by atoms with Crippen LogP contribution in [0.3, 0.4) is 0 Å².